The van der Waals surface area contributed by atoms with E-state index in [2.05, 4.69) is 70.1 Å². The van der Waals surface area contributed by atoms with Gasteiger partial charge in [-0.1, -0.05) is 36.4 Å². The van der Waals surface area contributed by atoms with Gasteiger partial charge in [-0.25, -0.2) is 23.2 Å². The van der Waals surface area contributed by atoms with Gasteiger partial charge in [0.15, 0.2) is 6.29 Å². The summed E-state index contributed by atoms with van der Waals surface area (Å²) >= 11 is 0. The average molecular weight is 736 g/mol. The molecule has 3 fully saturated rings. The smallest absolute Gasteiger partial charge is 0.325 e. The van der Waals surface area contributed by atoms with E-state index in [4.69, 9.17) is 14.2 Å². The van der Waals surface area contributed by atoms with Gasteiger partial charge < -0.3 is 28.9 Å². The molecule has 3 aliphatic heterocycles. The number of rotatable bonds is 11. The van der Waals surface area contributed by atoms with Crippen molar-refractivity contribution in [2.24, 2.45) is 0 Å². The van der Waals surface area contributed by atoms with Crippen molar-refractivity contribution in [1.29, 1.82) is 0 Å². The minimum Gasteiger partial charge on any atom is -0.488 e. The Balaban J connectivity index is 0.844. The molecule has 3 atom stereocenters. The number of benzene rings is 4. The molecule has 0 radical (unpaired) electrons. The molecule has 2 amide bonds. The first-order chi connectivity index (χ1) is 26.3. The molecule has 4 heterocycles. The molecule has 1 aromatic heterocycles. The van der Waals surface area contributed by atoms with Gasteiger partial charge in [0.25, 0.3) is 0 Å². The minimum atomic E-state index is -1.23. The highest BCUT2D eigenvalue weighted by atomic mass is 19.1. The lowest BCUT2D eigenvalue weighted by Gasteiger charge is -2.37. The van der Waals surface area contributed by atoms with E-state index < -0.39 is 23.5 Å². The summed E-state index contributed by atoms with van der Waals surface area (Å²) < 4.78 is 48.4. The Kier molecular flexibility index (Phi) is 9.91. The number of piperazine rings is 1. The normalized spacial score (nSPS) is 21.8. The number of halogens is 2. The standard InChI is InChI=1S/C41H43F2N7O4/c1-29(2)50-38(30-6-4-3-5-7-30)23-49(40(50)51)34-11-9-32(10-12-34)46-18-20-47(21-19-46)33-13-15-35(16-14-33)52-24-39-53-26-41(54-39,25-48-28-44-27-45-48)36-17-8-31(42)22-37(36)43/h3-17,22,27-29,38-39H,18-21,23-26H2,1-2H3/t38?,39-,41+/m0/s1. The number of urea groups is 1. The number of hydrogen-bond donors (Lipinski definition) is 0. The number of nitrogens with zero attached hydrogens (tertiary/aromatic N) is 7. The zero-order valence-electron chi connectivity index (χ0n) is 30.3. The highest BCUT2D eigenvalue weighted by Gasteiger charge is 2.46. The number of amides is 2. The lowest BCUT2D eigenvalue weighted by atomic mass is 9.94. The molecule has 1 unspecified atom stereocenters. The van der Waals surface area contributed by atoms with Gasteiger partial charge in [-0.15, -0.1) is 0 Å². The van der Waals surface area contributed by atoms with Crippen LogP contribution in [-0.4, -0.2) is 84.0 Å². The monoisotopic (exact) mass is 735 g/mol. The Labute approximate surface area is 313 Å². The first kappa shape index (κ1) is 35.5. The van der Waals surface area contributed by atoms with Crippen LogP contribution >= 0.6 is 0 Å². The van der Waals surface area contributed by atoms with Crippen LogP contribution in [0.3, 0.4) is 0 Å². The van der Waals surface area contributed by atoms with Crippen molar-refractivity contribution in [2.75, 3.05) is 60.6 Å². The van der Waals surface area contributed by atoms with Gasteiger partial charge in [0.1, 0.15) is 42.2 Å². The highest BCUT2D eigenvalue weighted by Crippen LogP contribution is 2.38. The highest BCUT2D eigenvalue weighted by molar-refractivity contribution is 5.95. The summed E-state index contributed by atoms with van der Waals surface area (Å²) in [5.41, 5.74) is 3.24. The molecule has 11 nitrogen and oxygen atoms in total. The fourth-order valence-corrected chi connectivity index (χ4v) is 7.71. The van der Waals surface area contributed by atoms with Crippen molar-refractivity contribution in [1.82, 2.24) is 19.7 Å². The van der Waals surface area contributed by atoms with Crippen LogP contribution in [0.5, 0.6) is 5.75 Å². The predicted octanol–water partition coefficient (Wildman–Crippen LogP) is 6.62. The van der Waals surface area contributed by atoms with Gasteiger partial charge in [-0.3, -0.25) is 4.90 Å². The summed E-state index contributed by atoms with van der Waals surface area (Å²) in [5.74, 6) is -0.745. The molecule has 8 rings (SSSR count). The maximum atomic E-state index is 14.9. The Morgan fingerprint density at radius 3 is 2.17 bits per heavy atom. The van der Waals surface area contributed by atoms with Crippen molar-refractivity contribution in [3.8, 4) is 5.75 Å². The first-order valence-electron chi connectivity index (χ1n) is 18.3. The number of ether oxygens (including phenoxy) is 3. The predicted molar refractivity (Wildman–Crippen MR) is 201 cm³/mol. The van der Waals surface area contributed by atoms with Crippen LogP contribution in [-0.2, 0) is 21.6 Å². The largest absolute Gasteiger partial charge is 0.488 e. The van der Waals surface area contributed by atoms with Crippen LogP contribution in [0.25, 0.3) is 0 Å². The van der Waals surface area contributed by atoms with Crippen molar-refractivity contribution in [3.05, 3.63) is 132 Å². The maximum Gasteiger partial charge on any atom is 0.325 e. The van der Waals surface area contributed by atoms with Crippen LogP contribution in [0.1, 0.15) is 31.0 Å². The number of anilines is 3. The van der Waals surface area contributed by atoms with Crippen molar-refractivity contribution >= 4 is 23.1 Å². The van der Waals surface area contributed by atoms with E-state index in [9.17, 15) is 13.6 Å². The second kappa shape index (κ2) is 15.1. The minimum absolute atomic E-state index is 0.0144. The number of carbonyl (C=O) groups excluding carboxylic acids is 1. The Morgan fingerprint density at radius 2 is 1.54 bits per heavy atom. The topological polar surface area (TPSA) is 88.4 Å². The lowest BCUT2D eigenvalue weighted by Crippen LogP contribution is -2.46. The van der Waals surface area contributed by atoms with Crippen LogP contribution < -0.4 is 19.4 Å². The number of carbonyl (C=O) groups is 1. The third kappa shape index (κ3) is 7.21. The molecule has 280 valence electrons. The summed E-state index contributed by atoms with van der Waals surface area (Å²) in [4.78, 5) is 26.1. The van der Waals surface area contributed by atoms with Crippen LogP contribution in [0.4, 0.5) is 30.6 Å². The van der Waals surface area contributed by atoms with Crippen LogP contribution in [0.15, 0.2) is 110 Å². The molecule has 0 bridgehead atoms. The summed E-state index contributed by atoms with van der Waals surface area (Å²) in [7, 11) is 0. The molecule has 5 aromatic rings. The molecule has 4 aromatic carbocycles. The van der Waals surface area contributed by atoms with Crippen LogP contribution in [0, 0.1) is 11.6 Å². The average Bonchev–Trinajstić information content (AvgIpc) is 3.94. The zero-order valence-corrected chi connectivity index (χ0v) is 30.3. The van der Waals surface area contributed by atoms with Gasteiger partial charge >= 0.3 is 6.03 Å². The van der Waals surface area contributed by atoms with Gasteiger partial charge in [0, 0.05) is 60.9 Å². The SMILES string of the molecule is CC(C)N1C(=O)N(c2ccc(N3CCN(c4ccc(OC[C@H]5OC[C@](Cn6cncn6)(c6ccc(F)cc6F)O5)cc4)CC3)cc2)CC1c1ccccc1. The van der Waals surface area contributed by atoms with Crippen molar-refractivity contribution in [2.45, 2.75) is 44.4 Å². The van der Waals surface area contributed by atoms with E-state index in [1.54, 1.807) is 0 Å². The molecule has 0 spiro atoms. The van der Waals surface area contributed by atoms with Crippen molar-refractivity contribution in [3.63, 3.8) is 0 Å². The molecular weight excluding hydrogens is 692 g/mol. The van der Waals surface area contributed by atoms with Crippen LogP contribution in [0.2, 0.25) is 0 Å². The molecule has 0 saturated carbocycles. The Bertz CT molecular complexity index is 2030. The van der Waals surface area contributed by atoms with Gasteiger partial charge in [-0.05, 0) is 74.0 Å². The third-order valence-electron chi connectivity index (χ3n) is 10.4. The Hall–Kier alpha value is -5.53. The molecule has 3 aliphatic rings. The van der Waals surface area contributed by atoms with E-state index in [0.717, 1.165) is 54.9 Å². The van der Waals surface area contributed by atoms with E-state index in [-0.39, 0.29) is 43.4 Å². The molecule has 0 N–H and O–H groups in total. The third-order valence-corrected chi connectivity index (χ3v) is 10.4. The quantitative estimate of drug-likeness (QED) is 0.150. The van der Waals surface area contributed by atoms with Gasteiger partial charge in [-0.2, -0.15) is 5.10 Å². The molecule has 13 heteroatoms. The summed E-state index contributed by atoms with van der Waals surface area (Å²) in [5, 5.41) is 4.14. The number of aromatic nitrogens is 3. The summed E-state index contributed by atoms with van der Waals surface area (Å²) in [6.45, 7) is 8.43. The van der Waals surface area contributed by atoms with E-state index >= 15 is 0 Å². The van der Waals surface area contributed by atoms with Crippen molar-refractivity contribution < 1.29 is 27.8 Å². The molecule has 3 saturated heterocycles. The van der Waals surface area contributed by atoms with Gasteiger partial charge in [0.2, 0.25) is 0 Å². The first-order valence-corrected chi connectivity index (χ1v) is 18.3. The van der Waals surface area contributed by atoms with E-state index in [1.807, 2.05) is 52.3 Å². The Morgan fingerprint density at radius 1 is 0.870 bits per heavy atom. The second-order valence-corrected chi connectivity index (χ2v) is 14.2. The fraction of sp³-hybridized carbons (Fsp3) is 0.341. The molecule has 0 aliphatic carbocycles. The lowest BCUT2D eigenvalue weighted by molar-refractivity contribution is -0.117. The fourth-order valence-electron chi connectivity index (χ4n) is 7.71. The zero-order chi connectivity index (χ0) is 37.2. The number of hydrogen-bond acceptors (Lipinski definition) is 8. The van der Waals surface area contributed by atoms with E-state index in [1.165, 1.54) is 29.5 Å². The second-order valence-electron chi connectivity index (χ2n) is 14.2. The maximum absolute atomic E-state index is 14.9. The molecule has 54 heavy (non-hydrogen) atoms. The summed E-state index contributed by atoms with van der Waals surface area (Å²) in [6.07, 6.45) is 2.11. The van der Waals surface area contributed by atoms with E-state index in [0.29, 0.717) is 12.3 Å². The van der Waals surface area contributed by atoms with Gasteiger partial charge in [0.05, 0.1) is 25.7 Å². The molecular formula is C41H43F2N7O4. The summed E-state index contributed by atoms with van der Waals surface area (Å²) in [6, 6.07) is 30.1.